The van der Waals surface area contributed by atoms with Crippen LogP contribution in [0.3, 0.4) is 0 Å². The number of ether oxygens (including phenoxy) is 1. The van der Waals surface area contributed by atoms with E-state index >= 15 is 0 Å². The predicted octanol–water partition coefficient (Wildman–Crippen LogP) is 2.37. The lowest BCUT2D eigenvalue weighted by Crippen LogP contribution is -2.28. The van der Waals surface area contributed by atoms with Crippen LogP contribution in [-0.4, -0.2) is 17.2 Å². The number of hydrogen-bond donors (Lipinski definition) is 1. The zero-order valence-electron chi connectivity index (χ0n) is 9.78. The zero-order valence-corrected chi connectivity index (χ0v) is 9.78. The van der Waals surface area contributed by atoms with Gasteiger partial charge in [0, 0.05) is 6.42 Å². The highest BCUT2D eigenvalue weighted by Crippen LogP contribution is 2.34. The first-order valence-corrected chi connectivity index (χ1v) is 5.44. The van der Waals surface area contributed by atoms with Gasteiger partial charge in [-0.1, -0.05) is 12.1 Å². The molecule has 16 heavy (non-hydrogen) atoms. The van der Waals surface area contributed by atoms with Gasteiger partial charge in [-0.05, 0) is 38.0 Å². The molecule has 1 aliphatic rings. The van der Waals surface area contributed by atoms with Crippen molar-refractivity contribution in [2.75, 3.05) is 0 Å². The highest BCUT2D eigenvalue weighted by molar-refractivity contribution is 5.80. The van der Waals surface area contributed by atoms with Crippen molar-refractivity contribution in [3.05, 3.63) is 29.3 Å². The molecule has 0 fully saturated rings. The smallest absolute Gasteiger partial charge is 0.313 e. The second kappa shape index (κ2) is 3.51. The van der Waals surface area contributed by atoms with Gasteiger partial charge in [0.2, 0.25) is 0 Å². The molecule has 3 nitrogen and oxygen atoms in total. The molecule has 0 bridgehead atoms. The normalized spacial score (nSPS) is 19.1. The van der Waals surface area contributed by atoms with Crippen molar-refractivity contribution >= 4 is 5.97 Å². The van der Waals surface area contributed by atoms with Crippen LogP contribution in [0.25, 0.3) is 0 Å². The second-order valence-corrected chi connectivity index (χ2v) is 4.89. The number of carbonyl (C=O) groups is 1. The van der Waals surface area contributed by atoms with E-state index in [-0.39, 0.29) is 6.10 Å². The summed E-state index contributed by atoms with van der Waals surface area (Å²) in [5.74, 6) is 0.0119. The van der Waals surface area contributed by atoms with Crippen molar-refractivity contribution in [1.29, 1.82) is 0 Å². The van der Waals surface area contributed by atoms with Gasteiger partial charge in [0.05, 0.1) is 5.41 Å². The highest BCUT2D eigenvalue weighted by Gasteiger charge is 2.31. The number of rotatable bonds is 2. The van der Waals surface area contributed by atoms with Gasteiger partial charge in [-0.15, -0.1) is 0 Å². The maximum atomic E-state index is 11.1. The molecule has 0 aliphatic carbocycles. The average Bonchev–Trinajstić information content (AvgIpc) is 2.56. The van der Waals surface area contributed by atoms with Gasteiger partial charge >= 0.3 is 5.97 Å². The van der Waals surface area contributed by atoms with E-state index in [1.165, 1.54) is 0 Å². The van der Waals surface area contributed by atoms with E-state index in [4.69, 9.17) is 9.84 Å². The van der Waals surface area contributed by atoms with Gasteiger partial charge in [-0.3, -0.25) is 4.79 Å². The molecule has 0 spiro atoms. The molecule has 1 atom stereocenters. The summed E-state index contributed by atoms with van der Waals surface area (Å²) in [6.07, 6.45) is 1.10. The Bertz CT molecular complexity index is 435. The van der Waals surface area contributed by atoms with Gasteiger partial charge in [-0.2, -0.15) is 0 Å². The Morgan fingerprint density at radius 3 is 2.81 bits per heavy atom. The van der Waals surface area contributed by atoms with E-state index < -0.39 is 11.4 Å². The third-order valence-electron chi connectivity index (χ3n) is 3.16. The second-order valence-electron chi connectivity index (χ2n) is 4.89. The monoisotopic (exact) mass is 220 g/mol. The first kappa shape index (κ1) is 11.0. The number of carboxylic acids is 1. The maximum absolute atomic E-state index is 11.1. The molecule has 0 aromatic heterocycles. The molecule has 0 saturated carbocycles. The summed E-state index contributed by atoms with van der Waals surface area (Å²) in [6.45, 7) is 5.42. The molecule has 86 valence electrons. The number of hydrogen-bond acceptors (Lipinski definition) is 2. The van der Waals surface area contributed by atoms with Crippen LogP contribution in [0.15, 0.2) is 18.2 Å². The van der Waals surface area contributed by atoms with Crippen molar-refractivity contribution in [3.63, 3.8) is 0 Å². The molecule has 1 N–H and O–H groups in total. The van der Waals surface area contributed by atoms with Gasteiger partial charge in [0.15, 0.2) is 0 Å². The molecule has 1 unspecified atom stereocenters. The molecule has 2 rings (SSSR count). The summed E-state index contributed by atoms with van der Waals surface area (Å²) in [6, 6.07) is 5.71. The van der Waals surface area contributed by atoms with Crippen molar-refractivity contribution in [1.82, 2.24) is 0 Å². The third-order valence-corrected chi connectivity index (χ3v) is 3.16. The quantitative estimate of drug-likeness (QED) is 0.832. The fourth-order valence-electron chi connectivity index (χ4n) is 1.91. The number of aliphatic carboxylic acids is 1. The van der Waals surface area contributed by atoms with Crippen molar-refractivity contribution in [2.24, 2.45) is 0 Å². The van der Waals surface area contributed by atoms with Crippen molar-refractivity contribution in [2.45, 2.75) is 38.7 Å². The van der Waals surface area contributed by atoms with Gasteiger partial charge in [0.1, 0.15) is 11.9 Å². The first-order valence-electron chi connectivity index (χ1n) is 5.44. The summed E-state index contributed by atoms with van der Waals surface area (Å²) in [5, 5.41) is 9.15. The first-order chi connectivity index (χ1) is 7.41. The van der Waals surface area contributed by atoms with Crippen LogP contribution in [0.5, 0.6) is 5.75 Å². The lowest BCUT2D eigenvalue weighted by Gasteiger charge is -2.20. The Hall–Kier alpha value is -1.51. The predicted molar refractivity (Wildman–Crippen MR) is 60.9 cm³/mol. The fourth-order valence-corrected chi connectivity index (χ4v) is 1.91. The average molecular weight is 220 g/mol. The Kier molecular flexibility index (Phi) is 2.41. The lowest BCUT2D eigenvalue weighted by molar-refractivity contribution is -0.142. The number of fused-ring (bicyclic) bond motifs is 1. The number of benzene rings is 1. The highest BCUT2D eigenvalue weighted by atomic mass is 16.5. The van der Waals surface area contributed by atoms with Crippen LogP contribution in [-0.2, 0) is 16.6 Å². The molecule has 3 heteroatoms. The maximum Gasteiger partial charge on any atom is 0.313 e. The molecule has 1 aromatic carbocycles. The van der Waals surface area contributed by atoms with Crippen LogP contribution in [0.2, 0.25) is 0 Å². The molecular formula is C13H16O3. The molecule has 0 radical (unpaired) electrons. The minimum Gasteiger partial charge on any atom is -0.490 e. The summed E-state index contributed by atoms with van der Waals surface area (Å²) in [7, 11) is 0. The van der Waals surface area contributed by atoms with Crippen molar-refractivity contribution in [3.8, 4) is 5.75 Å². The van der Waals surface area contributed by atoms with Crippen LogP contribution in [0.1, 0.15) is 31.9 Å². The molecule has 0 amide bonds. The van der Waals surface area contributed by atoms with E-state index in [1.54, 1.807) is 13.8 Å². The van der Waals surface area contributed by atoms with E-state index in [9.17, 15) is 4.79 Å². The molecule has 1 aliphatic heterocycles. The number of carboxylic acid groups (broad SMARTS) is 1. The molecule has 1 heterocycles. The van der Waals surface area contributed by atoms with Crippen LogP contribution >= 0.6 is 0 Å². The minimum absolute atomic E-state index is 0.193. The Labute approximate surface area is 95.0 Å². The fraction of sp³-hybridized carbons (Fsp3) is 0.462. The van der Waals surface area contributed by atoms with E-state index in [2.05, 4.69) is 0 Å². The summed E-state index contributed by atoms with van der Waals surface area (Å²) >= 11 is 0. The Balaban J connectivity index is 2.40. The topological polar surface area (TPSA) is 46.5 Å². The van der Waals surface area contributed by atoms with Crippen molar-refractivity contribution < 1.29 is 14.6 Å². The summed E-state index contributed by atoms with van der Waals surface area (Å²) in [5.41, 5.74) is 1.08. The minimum atomic E-state index is -0.871. The SMILES string of the molecule is CC1Cc2ccc(C(C)(C)C(=O)O)cc2O1. The Morgan fingerprint density at radius 1 is 1.50 bits per heavy atom. The third kappa shape index (κ3) is 1.66. The van der Waals surface area contributed by atoms with Crippen LogP contribution in [0, 0.1) is 0 Å². The lowest BCUT2D eigenvalue weighted by atomic mass is 9.84. The summed E-state index contributed by atoms with van der Waals surface area (Å²) in [4.78, 5) is 11.1. The summed E-state index contributed by atoms with van der Waals surface area (Å²) < 4.78 is 5.63. The Morgan fingerprint density at radius 2 is 2.19 bits per heavy atom. The molecular weight excluding hydrogens is 204 g/mol. The molecule has 0 saturated heterocycles. The van der Waals surface area contributed by atoms with E-state index in [0.29, 0.717) is 0 Å². The van der Waals surface area contributed by atoms with Gasteiger partial charge in [0.25, 0.3) is 0 Å². The van der Waals surface area contributed by atoms with Gasteiger partial charge in [-0.25, -0.2) is 0 Å². The zero-order chi connectivity index (χ0) is 11.9. The van der Waals surface area contributed by atoms with E-state index in [1.807, 2.05) is 25.1 Å². The standard InChI is InChI=1S/C13H16O3/c1-8-6-9-4-5-10(7-11(9)16-8)13(2,3)12(14)15/h4-5,7-8H,6H2,1-3H3,(H,14,15). The largest absolute Gasteiger partial charge is 0.490 e. The molecule has 1 aromatic rings. The van der Waals surface area contributed by atoms with Crippen LogP contribution < -0.4 is 4.74 Å². The van der Waals surface area contributed by atoms with Crippen LogP contribution in [0.4, 0.5) is 0 Å². The van der Waals surface area contributed by atoms with Gasteiger partial charge < -0.3 is 9.84 Å². The van der Waals surface area contributed by atoms with E-state index in [0.717, 1.165) is 23.3 Å².